The van der Waals surface area contributed by atoms with Gasteiger partial charge in [0, 0.05) is 36.9 Å². The lowest BCUT2D eigenvalue weighted by Crippen LogP contribution is -2.44. The summed E-state index contributed by atoms with van der Waals surface area (Å²) in [7, 11) is 0. The highest BCUT2D eigenvalue weighted by Gasteiger charge is 2.32. The Kier molecular flexibility index (Phi) is 4.37. The second kappa shape index (κ2) is 6.64. The van der Waals surface area contributed by atoms with Gasteiger partial charge < -0.3 is 10.0 Å². The van der Waals surface area contributed by atoms with Crippen LogP contribution in [0.5, 0.6) is 0 Å². The molecule has 0 bridgehead atoms. The molecule has 2 aromatic heterocycles. The number of hydrogen-bond acceptors (Lipinski definition) is 6. The summed E-state index contributed by atoms with van der Waals surface area (Å²) in [5, 5.41) is 14.0. The van der Waals surface area contributed by atoms with Crippen LogP contribution in [0.4, 0.5) is 5.82 Å². The Balaban J connectivity index is 1.62. The summed E-state index contributed by atoms with van der Waals surface area (Å²) in [5.74, 6) is 1.79. The van der Waals surface area contributed by atoms with Gasteiger partial charge in [0.1, 0.15) is 12.1 Å². The minimum atomic E-state index is 0.273. The Labute approximate surface area is 142 Å². The number of aryl methyl sites for hydroxylation is 1. The average molecular weight is 330 g/mol. The number of rotatable bonds is 5. The number of aromatic nitrogens is 4. The van der Waals surface area contributed by atoms with Crippen LogP contribution < -0.4 is 4.90 Å². The molecule has 2 aromatic rings. The Hall–Kier alpha value is -1.73. The van der Waals surface area contributed by atoms with E-state index in [9.17, 15) is 5.11 Å². The fourth-order valence-electron chi connectivity index (χ4n) is 4.17. The first-order valence-corrected chi connectivity index (χ1v) is 9.11. The molecule has 0 aromatic carbocycles. The van der Waals surface area contributed by atoms with Crippen molar-refractivity contribution in [2.45, 2.75) is 51.1 Å². The van der Waals surface area contributed by atoms with Crippen molar-refractivity contribution in [3.63, 3.8) is 0 Å². The fourth-order valence-corrected chi connectivity index (χ4v) is 4.17. The van der Waals surface area contributed by atoms with Crippen molar-refractivity contribution in [3.8, 4) is 0 Å². The Morgan fingerprint density at radius 2 is 2.04 bits per heavy atom. The highest BCUT2D eigenvalue weighted by molar-refractivity contribution is 5.49. The van der Waals surface area contributed by atoms with Crippen LogP contribution in [0.1, 0.15) is 38.3 Å². The molecule has 0 radical (unpaired) electrons. The summed E-state index contributed by atoms with van der Waals surface area (Å²) in [6.07, 6.45) is 7.18. The lowest BCUT2D eigenvalue weighted by Gasteiger charge is -2.32. The van der Waals surface area contributed by atoms with Crippen molar-refractivity contribution >= 4 is 11.6 Å². The van der Waals surface area contributed by atoms with Crippen LogP contribution in [0.2, 0.25) is 0 Å². The monoisotopic (exact) mass is 330 g/mol. The maximum Gasteiger partial charge on any atom is 0.254 e. The zero-order valence-electron chi connectivity index (χ0n) is 14.3. The van der Waals surface area contributed by atoms with Gasteiger partial charge in [0.15, 0.2) is 0 Å². The van der Waals surface area contributed by atoms with Crippen LogP contribution in [-0.4, -0.2) is 67.9 Å². The predicted octanol–water partition coefficient (Wildman–Crippen LogP) is 1.11. The zero-order valence-corrected chi connectivity index (χ0v) is 14.3. The van der Waals surface area contributed by atoms with E-state index in [1.54, 1.807) is 6.33 Å². The normalized spacial score (nSPS) is 25.2. The predicted molar refractivity (Wildman–Crippen MR) is 92.2 cm³/mol. The molecule has 24 heavy (non-hydrogen) atoms. The molecule has 7 heteroatoms. The Morgan fingerprint density at radius 3 is 2.88 bits per heavy atom. The van der Waals surface area contributed by atoms with Crippen LogP contribution in [0, 0.1) is 0 Å². The SMILES string of the molecule is CCc1cc(N2CCCC2CN2CCCC2CO)n2ncnc2n1. The molecule has 2 saturated heterocycles. The first-order valence-electron chi connectivity index (χ1n) is 9.11. The second-order valence-electron chi connectivity index (χ2n) is 6.89. The van der Waals surface area contributed by atoms with E-state index in [-0.39, 0.29) is 6.61 Å². The summed E-state index contributed by atoms with van der Waals surface area (Å²) in [5.41, 5.74) is 1.06. The van der Waals surface area contributed by atoms with Gasteiger partial charge in [-0.05, 0) is 38.6 Å². The van der Waals surface area contributed by atoms with Crippen molar-refractivity contribution in [1.82, 2.24) is 24.5 Å². The number of nitrogens with zero attached hydrogens (tertiary/aromatic N) is 6. The standard InChI is InChI=1S/C17H26N6O/c1-2-13-9-16(23-17(20-13)18-12-19-23)22-8-4-5-14(22)10-21-7-3-6-15(21)11-24/h9,12,14-15,24H,2-8,10-11H2,1H3. The van der Waals surface area contributed by atoms with Gasteiger partial charge in [0.2, 0.25) is 0 Å². The molecule has 7 nitrogen and oxygen atoms in total. The van der Waals surface area contributed by atoms with E-state index in [2.05, 4.69) is 37.9 Å². The highest BCUT2D eigenvalue weighted by Crippen LogP contribution is 2.28. The van der Waals surface area contributed by atoms with E-state index >= 15 is 0 Å². The second-order valence-corrected chi connectivity index (χ2v) is 6.89. The van der Waals surface area contributed by atoms with Gasteiger partial charge in [0.05, 0.1) is 6.61 Å². The van der Waals surface area contributed by atoms with E-state index in [4.69, 9.17) is 0 Å². The van der Waals surface area contributed by atoms with Gasteiger partial charge in [0.25, 0.3) is 5.78 Å². The van der Waals surface area contributed by atoms with Crippen molar-refractivity contribution < 1.29 is 5.11 Å². The molecule has 0 amide bonds. The third-order valence-corrected chi connectivity index (χ3v) is 5.47. The van der Waals surface area contributed by atoms with E-state index in [1.165, 1.54) is 19.3 Å². The maximum atomic E-state index is 9.59. The van der Waals surface area contributed by atoms with E-state index < -0.39 is 0 Å². The van der Waals surface area contributed by atoms with Crippen molar-refractivity contribution in [3.05, 3.63) is 18.1 Å². The van der Waals surface area contributed by atoms with E-state index in [0.29, 0.717) is 17.9 Å². The molecule has 0 saturated carbocycles. The number of fused-ring (bicyclic) bond motifs is 1. The van der Waals surface area contributed by atoms with Crippen molar-refractivity contribution in [2.24, 2.45) is 0 Å². The molecule has 2 fully saturated rings. The van der Waals surface area contributed by atoms with Crippen molar-refractivity contribution in [2.75, 3.05) is 31.1 Å². The highest BCUT2D eigenvalue weighted by atomic mass is 16.3. The average Bonchev–Trinajstić information content (AvgIpc) is 3.34. The summed E-state index contributed by atoms with van der Waals surface area (Å²) in [6.45, 7) is 5.56. The maximum absolute atomic E-state index is 9.59. The van der Waals surface area contributed by atoms with Gasteiger partial charge in [-0.25, -0.2) is 4.98 Å². The van der Waals surface area contributed by atoms with Gasteiger partial charge in [-0.3, -0.25) is 4.90 Å². The first-order chi connectivity index (χ1) is 11.8. The number of likely N-dealkylation sites (tertiary alicyclic amines) is 1. The quantitative estimate of drug-likeness (QED) is 0.886. The summed E-state index contributed by atoms with van der Waals surface area (Å²) in [4.78, 5) is 13.8. The van der Waals surface area contributed by atoms with Gasteiger partial charge in [-0.1, -0.05) is 6.92 Å². The molecule has 0 aliphatic carbocycles. The molecule has 4 heterocycles. The lowest BCUT2D eigenvalue weighted by molar-refractivity contribution is 0.153. The molecule has 4 rings (SSSR count). The number of aliphatic hydroxyl groups excluding tert-OH is 1. The number of anilines is 1. The van der Waals surface area contributed by atoms with Gasteiger partial charge in [-0.2, -0.15) is 14.6 Å². The molecular formula is C17H26N6O. The summed E-state index contributed by atoms with van der Waals surface area (Å²) >= 11 is 0. The largest absolute Gasteiger partial charge is 0.395 e. The lowest BCUT2D eigenvalue weighted by atomic mass is 10.2. The van der Waals surface area contributed by atoms with Gasteiger partial charge in [-0.15, -0.1) is 0 Å². The molecule has 2 unspecified atom stereocenters. The number of aliphatic hydroxyl groups is 1. The Bertz CT molecular complexity index is 701. The number of hydrogen-bond donors (Lipinski definition) is 1. The van der Waals surface area contributed by atoms with E-state index in [1.807, 2.05) is 4.52 Å². The molecule has 130 valence electrons. The fraction of sp³-hybridized carbons (Fsp3) is 0.706. The summed E-state index contributed by atoms with van der Waals surface area (Å²) < 4.78 is 1.87. The summed E-state index contributed by atoms with van der Waals surface area (Å²) in [6, 6.07) is 2.96. The topological polar surface area (TPSA) is 69.8 Å². The third kappa shape index (κ3) is 2.75. The van der Waals surface area contributed by atoms with Gasteiger partial charge >= 0.3 is 0 Å². The first kappa shape index (κ1) is 15.8. The molecule has 0 spiro atoms. The molecule has 2 atom stereocenters. The van der Waals surface area contributed by atoms with E-state index in [0.717, 1.165) is 44.0 Å². The minimum Gasteiger partial charge on any atom is -0.395 e. The molecule has 2 aliphatic heterocycles. The van der Waals surface area contributed by atoms with Crippen LogP contribution in [0.15, 0.2) is 12.4 Å². The smallest absolute Gasteiger partial charge is 0.254 e. The minimum absolute atomic E-state index is 0.273. The van der Waals surface area contributed by atoms with Crippen LogP contribution in [0.25, 0.3) is 5.78 Å². The van der Waals surface area contributed by atoms with Crippen LogP contribution in [-0.2, 0) is 6.42 Å². The third-order valence-electron chi connectivity index (χ3n) is 5.47. The van der Waals surface area contributed by atoms with Crippen molar-refractivity contribution in [1.29, 1.82) is 0 Å². The van der Waals surface area contributed by atoms with Crippen LogP contribution in [0.3, 0.4) is 0 Å². The zero-order chi connectivity index (χ0) is 16.5. The molecule has 1 N–H and O–H groups in total. The molecular weight excluding hydrogens is 304 g/mol. The molecule has 2 aliphatic rings. The Morgan fingerprint density at radius 1 is 1.21 bits per heavy atom. The van der Waals surface area contributed by atoms with Crippen LogP contribution >= 0.6 is 0 Å².